The van der Waals surface area contributed by atoms with Gasteiger partial charge in [0.2, 0.25) is 0 Å². The maximum atomic E-state index is 13.1. The van der Waals surface area contributed by atoms with Gasteiger partial charge in [-0.3, -0.25) is 4.98 Å². The standard InChI is InChI=1S/C10H7FN2O/c11-9-4-2-6-13-10(9)14-8-3-1-5-12-7-8/h1-7H. The predicted molar refractivity (Wildman–Crippen MR) is 48.5 cm³/mol. The molecule has 2 heterocycles. The molecule has 0 radical (unpaired) electrons. The molecule has 0 spiro atoms. The third-order valence-corrected chi connectivity index (χ3v) is 1.57. The fourth-order valence-electron chi connectivity index (χ4n) is 0.965. The molecular weight excluding hydrogens is 183 g/mol. The maximum absolute atomic E-state index is 13.1. The Labute approximate surface area is 80.2 Å². The molecule has 0 aliphatic carbocycles. The maximum Gasteiger partial charge on any atom is 0.255 e. The smallest absolute Gasteiger partial charge is 0.255 e. The van der Waals surface area contributed by atoms with E-state index in [2.05, 4.69) is 9.97 Å². The van der Waals surface area contributed by atoms with Crippen molar-refractivity contribution in [1.29, 1.82) is 0 Å². The van der Waals surface area contributed by atoms with Crippen LogP contribution in [-0.2, 0) is 0 Å². The molecule has 3 nitrogen and oxygen atoms in total. The van der Waals surface area contributed by atoms with Crippen LogP contribution in [0.3, 0.4) is 0 Å². The molecule has 0 amide bonds. The van der Waals surface area contributed by atoms with Crippen molar-refractivity contribution < 1.29 is 9.13 Å². The van der Waals surface area contributed by atoms with Crippen LogP contribution < -0.4 is 4.74 Å². The summed E-state index contributed by atoms with van der Waals surface area (Å²) in [5.41, 5.74) is 0. The van der Waals surface area contributed by atoms with Crippen LogP contribution in [-0.4, -0.2) is 9.97 Å². The van der Waals surface area contributed by atoms with Crippen molar-refractivity contribution in [2.45, 2.75) is 0 Å². The molecule has 0 aliphatic rings. The van der Waals surface area contributed by atoms with Gasteiger partial charge in [-0.2, -0.15) is 0 Å². The molecule has 2 aromatic rings. The zero-order valence-electron chi connectivity index (χ0n) is 7.22. The van der Waals surface area contributed by atoms with Gasteiger partial charge in [0.05, 0.1) is 6.20 Å². The van der Waals surface area contributed by atoms with Gasteiger partial charge in [0, 0.05) is 12.4 Å². The number of nitrogens with zero attached hydrogens (tertiary/aromatic N) is 2. The summed E-state index contributed by atoms with van der Waals surface area (Å²) in [6, 6.07) is 6.18. The molecule has 0 saturated heterocycles. The highest BCUT2D eigenvalue weighted by atomic mass is 19.1. The average molecular weight is 190 g/mol. The van der Waals surface area contributed by atoms with Gasteiger partial charge in [0.15, 0.2) is 5.82 Å². The van der Waals surface area contributed by atoms with Gasteiger partial charge in [-0.25, -0.2) is 9.37 Å². The number of pyridine rings is 2. The van der Waals surface area contributed by atoms with Crippen molar-refractivity contribution in [3.63, 3.8) is 0 Å². The first kappa shape index (κ1) is 8.62. The largest absolute Gasteiger partial charge is 0.435 e. The molecule has 70 valence electrons. The van der Waals surface area contributed by atoms with Crippen LogP contribution in [0, 0.1) is 5.82 Å². The summed E-state index contributed by atoms with van der Waals surface area (Å²) in [4.78, 5) is 7.58. The van der Waals surface area contributed by atoms with E-state index in [9.17, 15) is 4.39 Å². The second-order valence-electron chi connectivity index (χ2n) is 2.58. The molecule has 0 aliphatic heterocycles. The molecule has 0 bridgehead atoms. The Morgan fingerprint density at radius 2 is 2.00 bits per heavy atom. The third-order valence-electron chi connectivity index (χ3n) is 1.57. The van der Waals surface area contributed by atoms with Crippen LogP contribution in [0.4, 0.5) is 4.39 Å². The first-order valence-corrected chi connectivity index (χ1v) is 4.04. The SMILES string of the molecule is Fc1cccnc1Oc1cccnc1. The Balaban J connectivity index is 2.24. The number of hydrogen-bond acceptors (Lipinski definition) is 3. The molecule has 2 aromatic heterocycles. The Hall–Kier alpha value is -1.97. The number of rotatable bonds is 2. The summed E-state index contributed by atoms with van der Waals surface area (Å²) in [5, 5.41) is 0. The molecule has 2 rings (SSSR count). The first-order valence-electron chi connectivity index (χ1n) is 4.04. The molecule has 0 N–H and O–H groups in total. The zero-order valence-corrected chi connectivity index (χ0v) is 7.22. The summed E-state index contributed by atoms with van der Waals surface area (Å²) in [5.74, 6) is -0.0676. The van der Waals surface area contributed by atoms with E-state index in [-0.39, 0.29) is 5.88 Å². The van der Waals surface area contributed by atoms with Gasteiger partial charge in [0.25, 0.3) is 5.88 Å². The average Bonchev–Trinajstić information content (AvgIpc) is 2.23. The van der Waals surface area contributed by atoms with Crippen LogP contribution >= 0.6 is 0 Å². The van der Waals surface area contributed by atoms with Gasteiger partial charge in [0.1, 0.15) is 5.75 Å². The Kier molecular flexibility index (Phi) is 2.36. The molecular formula is C10H7FN2O. The topological polar surface area (TPSA) is 35.0 Å². The predicted octanol–water partition coefficient (Wildman–Crippen LogP) is 2.41. The van der Waals surface area contributed by atoms with Crippen LogP contribution in [0.25, 0.3) is 0 Å². The van der Waals surface area contributed by atoms with Gasteiger partial charge >= 0.3 is 0 Å². The monoisotopic (exact) mass is 190 g/mol. The molecule has 4 heteroatoms. The first-order chi connectivity index (χ1) is 6.86. The number of ether oxygens (including phenoxy) is 1. The Morgan fingerprint density at radius 3 is 2.71 bits per heavy atom. The van der Waals surface area contributed by atoms with E-state index in [0.717, 1.165) is 0 Å². The third kappa shape index (κ3) is 1.85. The van der Waals surface area contributed by atoms with Gasteiger partial charge in [-0.15, -0.1) is 0 Å². The van der Waals surface area contributed by atoms with Gasteiger partial charge in [-0.05, 0) is 24.3 Å². The van der Waals surface area contributed by atoms with E-state index in [4.69, 9.17) is 4.74 Å². The lowest BCUT2D eigenvalue weighted by atomic mass is 10.4. The molecule has 14 heavy (non-hydrogen) atoms. The van der Waals surface area contributed by atoms with Crippen LogP contribution in [0.15, 0.2) is 42.9 Å². The zero-order chi connectivity index (χ0) is 9.80. The fraction of sp³-hybridized carbons (Fsp3) is 0. The molecule has 0 atom stereocenters. The second-order valence-corrected chi connectivity index (χ2v) is 2.58. The van der Waals surface area contributed by atoms with Crippen molar-refractivity contribution >= 4 is 0 Å². The number of halogens is 1. The number of hydrogen-bond donors (Lipinski definition) is 0. The normalized spacial score (nSPS) is 9.79. The highest BCUT2D eigenvalue weighted by Gasteiger charge is 2.03. The van der Waals surface area contributed by atoms with Gasteiger partial charge in [-0.1, -0.05) is 0 Å². The highest BCUT2D eigenvalue weighted by Crippen LogP contribution is 2.19. The molecule has 0 saturated carbocycles. The van der Waals surface area contributed by atoms with Crippen molar-refractivity contribution in [3.8, 4) is 11.6 Å². The van der Waals surface area contributed by atoms with E-state index >= 15 is 0 Å². The van der Waals surface area contributed by atoms with Crippen molar-refractivity contribution in [2.24, 2.45) is 0 Å². The molecule has 0 aromatic carbocycles. The lowest BCUT2D eigenvalue weighted by Crippen LogP contribution is -1.91. The van der Waals surface area contributed by atoms with E-state index < -0.39 is 5.82 Å². The van der Waals surface area contributed by atoms with E-state index in [0.29, 0.717) is 5.75 Å². The summed E-state index contributed by atoms with van der Waals surface area (Å²) in [6.45, 7) is 0. The summed E-state index contributed by atoms with van der Waals surface area (Å²) < 4.78 is 18.2. The lowest BCUT2D eigenvalue weighted by Gasteiger charge is -2.03. The minimum Gasteiger partial charge on any atom is -0.435 e. The molecule has 0 fully saturated rings. The second kappa shape index (κ2) is 3.83. The van der Waals surface area contributed by atoms with E-state index in [1.165, 1.54) is 24.5 Å². The van der Waals surface area contributed by atoms with Crippen molar-refractivity contribution in [3.05, 3.63) is 48.7 Å². The molecule has 0 unspecified atom stereocenters. The number of aromatic nitrogens is 2. The van der Waals surface area contributed by atoms with Gasteiger partial charge < -0.3 is 4.74 Å². The van der Waals surface area contributed by atoms with Crippen LogP contribution in [0.2, 0.25) is 0 Å². The minimum absolute atomic E-state index is 0.0412. The summed E-state index contributed by atoms with van der Waals surface area (Å²) in [7, 11) is 0. The van der Waals surface area contributed by atoms with E-state index in [1.54, 1.807) is 18.3 Å². The summed E-state index contributed by atoms with van der Waals surface area (Å²) in [6.07, 6.45) is 4.57. The fourth-order valence-corrected chi connectivity index (χ4v) is 0.965. The quantitative estimate of drug-likeness (QED) is 0.729. The van der Waals surface area contributed by atoms with E-state index in [1.807, 2.05) is 0 Å². The lowest BCUT2D eigenvalue weighted by molar-refractivity contribution is 0.421. The summed E-state index contributed by atoms with van der Waals surface area (Å²) >= 11 is 0. The minimum atomic E-state index is -0.489. The van der Waals surface area contributed by atoms with Crippen LogP contribution in [0.1, 0.15) is 0 Å². The van der Waals surface area contributed by atoms with Crippen molar-refractivity contribution in [2.75, 3.05) is 0 Å². The Bertz CT molecular complexity index is 419. The Morgan fingerprint density at radius 1 is 1.14 bits per heavy atom. The van der Waals surface area contributed by atoms with Crippen LogP contribution in [0.5, 0.6) is 11.6 Å². The highest BCUT2D eigenvalue weighted by molar-refractivity contribution is 5.23. The van der Waals surface area contributed by atoms with Crippen molar-refractivity contribution in [1.82, 2.24) is 9.97 Å².